The van der Waals surface area contributed by atoms with Crippen LogP contribution >= 0.6 is 23.2 Å². The van der Waals surface area contributed by atoms with E-state index in [1.165, 1.54) is 0 Å². The van der Waals surface area contributed by atoms with Crippen LogP contribution in [0.2, 0.25) is 5.02 Å². The monoisotopic (exact) mass is 244 g/mol. The Balaban J connectivity index is 2.06. The summed E-state index contributed by atoms with van der Waals surface area (Å²) in [4.78, 5) is 10.3. The molecule has 2 rings (SSSR count). The molecule has 0 heterocycles. The SMILES string of the molecule is O=CC(Oc1ccc(Cl)cc1)C1(Cl)CC1. The predicted octanol–water partition coefficient (Wildman–Crippen LogP) is 3.06. The number of alkyl halides is 1. The molecule has 1 aliphatic carbocycles. The van der Waals surface area contributed by atoms with E-state index < -0.39 is 11.0 Å². The minimum atomic E-state index is -0.569. The molecule has 1 fully saturated rings. The Morgan fingerprint density at radius 2 is 1.93 bits per heavy atom. The summed E-state index contributed by atoms with van der Waals surface area (Å²) >= 11 is 11.8. The van der Waals surface area contributed by atoms with E-state index in [-0.39, 0.29) is 0 Å². The second-order valence-electron chi connectivity index (χ2n) is 3.66. The van der Waals surface area contributed by atoms with Crippen molar-refractivity contribution in [3.8, 4) is 5.75 Å². The van der Waals surface area contributed by atoms with Gasteiger partial charge in [-0.3, -0.25) is 4.79 Å². The third-order valence-electron chi connectivity index (χ3n) is 2.44. The Morgan fingerprint density at radius 3 is 2.40 bits per heavy atom. The van der Waals surface area contributed by atoms with Crippen LogP contribution in [-0.2, 0) is 4.79 Å². The predicted molar refractivity (Wildman–Crippen MR) is 59.8 cm³/mol. The van der Waals surface area contributed by atoms with Crippen molar-refractivity contribution in [3.63, 3.8) is 0 Å². The average Bonchev–Trinajstić information content (AvgIpc) is 2.96. The molecule has 0 spiro atoms. The van der Waals surface area contributed by atoms with Gasteiger partial charge in [0.05, 0.1) is 4.87 Å². The summed E-state index contributed by atoms with van der Waals surface area (Å²) in [5.41, 5.74) is 0. The van der Waals surface area contributed by atoms with Crippen molar-refractivity contribution in [2.45, 2.75) is 23.8 Å². The Kier molecular flexibility index (Phi) is 2.89. The van der Waals surface area contributed by atoms with Crippen molar-refractivity contribution >= 4 is 29.5 Å². The van der Waals surface area contributed by atoms with Crippen LogP contribution in [0, 0.1) is 0 Å². The summed E-state index contributed by atoms with van der Waals surface area (Å²) in [6.45, 7) is 0. The molecular weight excluding hydrogens is 235 g/mol. The number of carbonyl (C=O) groups excluding carboxylic acids is 1. The molecule has 1 aromatic carbocycles. The van der Waals surface area contributed by atoms with E-state index in [9.17, 15) is 4.79 Å². The van der Waals surface area contributed by atoms with Crippen LogP contribution in [0.1, 0.15) is 12.8 Å². The Bertz CT molecular complexity index is 357. The van der Waals surface area contributed by atoms with Gasteiger partial charge in [-0.15, -0.1) is 11.6 Å². The number of halogens is 2. The highest BCUT2D eigenvalue weighted by molar-refractivity contribution is 6.30. The second kappa shape index (κ2) is 4.03. The number of carbonyl (C=O) groups is 1. The fraction of sp³-hybridized carbons (Fsp3) is 0.364. The zero-order valence-electron chi connectivity index (χ0n) is 7.95. The van der Waals surface area contributed by atoms with Crippen molar-refractivity contribution in [2.24, 2.45) is 0 Å². The van der Waals surface area contributed by atoms with E-state index in [0.717, 1.165) is 19.1 Å². The number of rotatable bonds is 4. The fourth-order valence-electron chi connectivity index (χ4n) is 1.32. The lowest BCUT2D eigenvalue weighted by molar-refractivity contribution is -0.114. The highest BCUT2D eigenvalue weighted by atomic mass is 35.5. The van der Waals surface area contributed by atoms with Gasteiger partial charge < -0.3 is 4.74 Å². The number of hydrogen-bond acceptors (Lipinski definition) is 2. The molecule has 0 radical (unpaired) electrons. The van der Waals surface area contributed by atoms with Crippen LogP contribution < -0.4 is 4.74 Å². The summed E-state index contributed by atoms with van der Waals surface area (Å²) in [7, 11) is 0. The first-order valence-corrected chi connectivity index (χ1v) is 5.46. The summed E-state index contributed by atoms with van der Waals surface area (Å²) in [5.74, 6) is 0.614. The van der Waals surface area contributed by atoms with E-state index in [0.29, 0.717) is 10.8 Å². The maximum absolute atomic E-state index is 10.8. The minimum Gasteiger partial charge on any atom is -0.481 e. The van der Waals surface area contributed by atoms with Gasteiger partial charge in [0.1, 0.15) is 5.75 Å². The number of benzene rings is 1. The zero-order chi connectivity index (χ0) is 10.9. The molecule has 1 atom stereocenters. The van der Waals surface area contributed by atoms with Crippen LogP contribution in [-0.4, -0.2) is 17.3 Å². The number of aldehydes is 1. The quantitative estimate of drug-likeness (QED) is 0.602. The third-order valence-corrected chi connectivity index (χ3v) is 3.28. The first-order chi connectivity index (χ1) is 7.14. The summed E-state index contributed by atoms with van der Waals surface area (Å²) in [6, 6.07) is 6.88. The summed E-state index contributed by atoms with van der Waals surface area (Å²) in [6.07, 6.45) is 1.84. The summed E-state index contributed by atoms with van der Waals surface area (Å²) in [5, 5.41) is 0.636. The largest absolute Gasteiger partial charge is 0.481 e. The van der Waals surface area contributed by atoms with Crippen molar-refractivity contribution in [2.75, 3.05) is 0 Å². The normalized spacial score (nSPS) is 19.3. The third kappa shape index (κ3) is 2.44. The molecule has 1 aliphatic rings. The first kappa shape index (κ1) is 10.8. The highest BCUT2D eigenvalue weighted by Crippen LogP contribution is 2.46. The van der Waals surface area contributed by atoms with E-state index in [1.807, 2.05) is 0 Å². The van der Waals surface area contributed by atoms with E-state index >= 15 is 0 Å². The highest BCUT2D eigenvalue weighted by Gasteiger charge is 2.49. The molecule has 0 bridgehead atoms. The smallest absolute Gasteiger partial charge is 0.173 e. The van der Waals surface area contributed by atoms with E-state index in [1.54, 1.807) is 24.3 Å². The lowest BCUT2D eigenvalue weighted by Gasteiger charge is -2.17. The van der Waals surface area contributed by atoms with Crippen molar-refractivity contribution in [3.05, 3.63) is 29.3 Å². The van der Waals surface area contributed by atoms with Gasteiger partial charge in [0.25, 0.3) is 0 Å². The van der Waals surface area contributed by atoms with Gasteiger partial charge >= 0.3 is 0 Å². The fourth-order valence-corrected chi connectivity index (χ4v) is 1.64. The van der Waals surface area contributed by atoms with Crippen LogP contribution in [0.3, 0.4) is 0 Å². The average molecular weight is 245 g/mol. The number of ether oxygens (including phenoxy) is 1. The van der Waals surface area contributed by atoms with E-state index in [2.05, 4.69) is 0 Å². The molecule has 80 valence electrons. The molecule has 4 heteroatoms. The molecule has 0 amide bonds. The van der Waals surface area contributed by atoms with Gasteiger partial charge in [-0.2, -0.15) is 0 Å². The molecule has 0 aromatic heterocycles. The maximum atomic E-state index is 10.8. The first-order valence-electron chi connectivity index (χ1n) is 4.70. The van der Waals surface area contributed by atoms with Gasteiger partial charge in [-0.25, -0.2) is 0 Å². The van der Waals surface area contributed by atoms with Gasteiger partial charge in [-0.1, -0.05) is 11.6 Å². The van der Waals surface area contributed by atoms with Crippen LogP contribution in [0.15, 0.2) is 24.3 Å². The van der Waals surface area contributed by atoms with Gasteiger partial charge in [0.15, 0.2) is 12.4 Å². The van der Waals surface area contributed by atoms with Crippen LogP contribution in [0.5, 0.6) is 5.75 Å². The van der Waals surface area contributed by atoms with Gasteiger partial charge in [0.2, 0.25) is 0 Å². The molecule has 15 heavy (non-hydrogen) atoms. The number of hydrogen-bond donors (Lipinski definition) is 0. The van der Waals surface area contributed by atoms with Gasteiger partial charge in [0, 0.05) is 5.02 Å². The molecule has 0 N–H and O–H groups in total. The summed E-state index contributed by atoms with van der Waals surface area (Å²) < 4.78 is 5.49. The van der Waals surface area contributed by atoms with Gasteiger partial charge in [-0.05, 0) is 37.1 Å². The zero-order valence-corrected chi connectivity index (χ0v) is 9.46. The van der Waals surface area contributed by atoms with Crippen molar-refractivity contribution in [1.82, 2.24) is 0 Å². The molecular formula is C11H10Cl2O2. The molecule has 1 unspecified atom stereocenters. The lowest BCUT2D eigenvalue weighted by atomic mass is 10.2. The van der Waals surface area contributed by atoms with Crippen molar-refractivity contribution in [1.29, 1.82) is 0 Å². The Labute approximate surface area is 98.1 Å². The standard InChI is InChI=1S/C11H10Cl2O2/c12-8-1-3-9(4-2-8)15-10(7-14)11(13)5-6-11/h1-4,7,10H,5-6H2. The van der Waals surface area contributed by atoms with Crippen LogP contribution in [0.4, 0.5) is 0 Å². The lowest BCUT2D eigenvalue weighted by Crippen LogP contribution is -2.30. The van der Waals surface area contributed by atoms with Crippen molar-refractivity contribution < 1.29 is 9.53 Å². The molecule has 2 nitrogen and oxygen atoms in total. The van der Waals surface area contributed by atoms with E-state index in [4.69, 9.17) is 27.9 Å². The van der Waals surface area contributed by atoms with Crippen LogP contribution in [0.25, 0.3) is 0 Å². The second-order valence-corrected chi connectivity index (χ2v) is 4.85. The topological polar surface area (TPSA) is 26.3 Å². The maximum Gasteiger partial charge on any atom is 0.173 e. The molecule has 0 saturated heterocycles. The molecule has 1 aromatic rings. The Morgan fingerprint density at radius 1 is 1.33 bits per heavy atom. The Hall–Kier alpha value is -0.730. The molecule has 0 aliphatic heterocycles. The molecule has 1 saturated carbocycles. The minimum absolute atomic E-state index is 0.485.